The first kappa shape index (κ1) is 25.8. The average molecular weight is 447 g/mol. The maximum absolute atomic E-state index is 13.3. The lowest BCUT2D eigenvalue weighted by atomic mass is 9.82. The van der Waals surface area contributed by atoms with Crippen LogP contribution in [-0.4, -0.2) is 48.9 Å². The highest BCUT2D eigenvalue weighted by Crippen LogP contribution is 2.41. The summed E-state index contributed by atoms with van der Waals surface area (Å²) in [5, 5.41) is -5.67. The van der Waals surface area contributed by atoms with E-state index in [1.165, 1.54) is 0 Å². The van der Waals surface area contributed by atoms with E-state index in [9.17, 15) is 35.3 Å². The van der Waals surface area contributed by atoms with E-state index in [1.807, 2.05) is 6.92 Å². The van der Waals surface area contributed by atoms with Crippen LogP contribution < -0.4 is 0 Å². The van der Waals surface area contributed by atoms with Gasteiger partial charge in [0.1, 0.15) is 5.60 Å². The number of hydrogen-bond donors (Lipinski definition) is 0. The Labute approximate surface area is 168 Å². The molecule has 0 bridgehead atoms. The van der Waals surface area contributed by atoms with E-state index in [2.05, 4.69) is 6.58 Å². The standard InChI is InChI=1S/C18H28F4O6S/c1-3-16(9-5-4-6-10-16)28-15(23)14(2)13-27-12-8-7-11-17(19,20)18(21,22)29(24,25)26/h2-13H2,1H3,(H,24,25,26)/p-1. The van der Waals surface area contributed by atoms with Crippen molar-refractivity contribution in [2.24, 2.45) is 0 Å². The topological polar surface area (TPSA) is 92.7 Å². The van der Waals surface area contributed by atoms with Gasteiger partial charge in [0.05, 0.1) is 12.2 Å². The molecular formula is C18H27F4O6S-. The number of unbranched alkanes of at least 4 members (excludes halogenated alkanes) is 1. The van der Waals surface area contributed by atoms with Crippen LogP contribution in [0.5, 0.6) is 0 Å². The molecule has 0 unspecified atom stereocenters. The van der Waals surface area contributed by atoms with Gasteiger partial charge in [0.15, 0.2) is 10.1 Å². The van der Waals surface area contributed by atoms with Crippen LogP contribution in [0.15, 0.2) is 12.2 Å². The molecule has 0 atom stereocenters. The fraction of sp³-hybridized carbons (Fsp3) is 0.833. The first-order valence-electron chi connectivity index (χ1n) is 9.48. The van der Waals surface area contributed by atoms with Gasteiger partial charge in [-0.25, -0.2) is 13.2 Å². The molecule has 1 aliphatic rings. The van der Waals surface area contributed by atoms with E-state index in [0.29, 0.717) is 6.42 Å². The number of halogens is 4. The maximum Gasteiger partial charge on any atom is 0.396 e. The van der Waals surface area contributed by atoms with Gasteiger partial charge in [0.2, 0.25) is 0 Å². The first-order valence-corrected chi connectivity index (χ1v) is 10.9. The Bertz CT molecular complexity index is 672. The smallest absolute Gasteiger partial charge is 0.396 e. The molecule has 29 heavy (non-hydrogen) atoms. The molecule has 0 spiro atoms. The maximum atomic E-state index is 13.3. The van der Waals surface area contributed by atoms with Crippen molar-refractivity contribution in [2.75, 3.05) is 13.2 Å². The Morgan fingerprint density at radius 3 is 2.24 bits per heavy atom. The average Bonchev–Trinajstić information content (AvgIpc) is 2.63. The Hall–Kier alpha value is -1.20. The van der Waals surface area contributed by atoms with Crippen LogP contribution >= 0.6 is 0 Å². The highest BCUT2D eigenvalue weighted by Gasteiger charge is 2.60. The molecule has 11 heteroatoms. The fourth-order valence-electron chi connectivity index (χ4n) is 3.13. The third kappa shape index (κ3) is 6.92. The Morgan fingerprint density at radius 2 is 1.72 bits per heavy atom. The van der Waals surface area contributed by atoms with Gasteiger partial charge in [-0.15, -0.1) is 0 Å². The summed E-state index contributed by atoms with van der Waals surface area (Å²) in [5.74, 6) is -5.57. The molecule has 0 saturated heterocycles. The highest BCUT2D eigenvalue weighted by molar-refractivity contribution is 7.86. The van der Waals surface area contributed by atoms with Crippen LogP contribution in [0.2, 0.25) is 0 Å². The second-order valence-electron chi connectivity index (χ2n) is 7.28. The van der Waals surface area contributed by atoms with Gasteiger partial charge in [-0.1, -0.05) is 19.9 Å². The highest BCUT2D eigenvalue weighted by atomic mass is 32.2. The molecule has 1 aliphatic carbocycles. The van der Waals surface area contributed by atoms with Crippen molar-refractivity contribution in [1.82, 2.24) is 0 Å². The quantitative estimate of drug-likeness (QED) is 0.147. The molecule has 0 aromatic heterocycles. The van der Waals surface area contributed by atoms with Gasteiger partial charge < -0.3 is 14.0 Å². The van der Waals surface area contributed by atoms with E-state index in [0.717, 1.165) is 32.1 Å². The predicted molar refractivity (Wildman–Crippen MR) is 95.6 cm³/mol. The molecule has 170 valence electrons. The Kier molecular flexibility index (Phi) is 9.10. The zero-order valence-electron chi connectivity index (χ0n) is 16.4. The SMILES string of the molecule is C=C(COCCCCC(F)(F)C(F)(F)S(=O)(=O)[O-])C(=O)OC1(CC)CCCCC1. The number of hydrogen-bond acceptors (Lipinski definition) is 6. The molecule has 0 N–H and O–H groups in total. The second-order valence-corrected chi connectivity index (χ2v) is 8.70. The molecule has 6 nitrogen and oxygen atoms in total. The van der Waals surface area contributed by atoms with Crippen LogP contribution in [-0.2, 0) is 24.4 Å². The van der Waals surface area contributed by atoms with Crippen LogP contribution in [0.4, 0.5) is 17.6 Å². The lowest BCUT2D eigenvalue weighted by Gasteiger charge is -2.36. The van der Waals surface area contributed by atoms with Crippen molar-refractivity contribution in [2.45, 2.75) is 81.5 Å². The van der Waals surface area contributed by atoms with Crippen LogP contribution in [0.3, 0.4) is 0 Å². The minimum absolute atomic E-state index is 0.0534. The van der Waals surface area contributed by atoms with E-state index >= 15 is 0 Å². The van der Waals surface area contributed by atoms with Crippen molar-refractivity contribution in [1.29, 1.82) is 0 Å². The molecular weight excluding hydrogens is 420 g/mol. The first-order chi connectivity index (χ1) is 13.3. The summed E-state index contributed by atoms with van der Waals surface area (Å²) in [6.45, 7) is 5.17. The molecule has 1 saturated carbocycles. The minimum atomic E-state index is -6.48. The molecule has 1 rings (SSSR count). The van der Waals surface area contributed by atoms with Crippen LogP contribution in [0, 0.1) is 0 Å². The molecule has 0 aromatic carbocycles. The summed E-state index contributed by atoms with van der Waals surface area (Å²) in [4.78, 5) is 12.2. The summed E-state index contributed by atoms with van der Waals surface area (Å²) in [5.41, 5.74) is -0.450. The van der Waals surface area contributed by atoms with Gasteiger partial charge >= 0.3 is 17.1 Å². The molecule has 0 aromatic rings. The van der Waals surface area contributed by atoms with Gasteiger partial charge in [-0.2, -0.15) is 17.6 Å². The van der Waals surface area contributed by atoms with Gasteiger partial charge in [0.25, 0.3) is 0 Å². The van der Waals surface area contributed by atoms with E-state index < -0.39 is 45.7 Å². The predicted octanol–water partition coefficient (Wildman–Crippen LogP) is 4.16. The zero-order chi connectivity index (χ0) is 22.3. The summed E-state index contributed by atoms with van der Waals surface area (Å²) in [6, 6.07) is 0. The van der Waals surface area contributed by atoms with Crippen molar-refractivity contribution in [3.8, 4) is 0 Å². The zero-order valence-corrected chi connectivity index (χ0v) is 17.2. The van der Waals surface area contributed by atoms with Crippen LogP contribution in [0.1, 0.15) is 64.7 Å². The van der Waals surface area contributed by atoms with Crippen molar-refractivity contribution in [3.05, 3.63) is 12.2 Å². The summed E-state index contributed by atoms with van der Waals surface area (Å²) >= 11 is 0. The van der Waals surface area contributed by atoms with Gasteiger partial charge in [0, 0.05) is 13.0 Å². The normalized spacial score (nSPS) is 17.7. The molecule has 0 radical (unpaired) electrons. The van der Waals surface area contributed by atoms with Crippen molar-refractivity contribution < 1.29 is 44.8 Å². The van der Waals surface area contributed by atoms with Crippen LogP contribution in [0.25, 0.3) is 0 Å². The summed E-state index contributed by atoms with van der Waals surface area (Å²) in [7, 11) is -6.48. The minimum Gasteiger partial charge on any atom is -0.743 e. The lowest BCUT2D eigenvalue weighted by Crippen LogP contribution is -2.46. The fourth-order valence-corrected chi connectivity index (χ4v) is 3.59. The van der Waals surface area contributed by atoms with Gasteiger partial charge in [-0.05, 0) is 44.9 Å². The van der Waals surface area contributed by atoms with E-state index in [1.54, 1.807) is 0 Å². The number of carbonyl (C=O) groups excluding carboxylic acids is 1. The van der Waals surface area contributed by atoms with E-state index in [-0.39, 0.29) is 25.2 Å². The number of esters is 1. The Morgan fingerprint density at radius 1 is 1.14 bits per heavy atom. The summed E-state index contributed by atoms with van der Waals surface area (Å²) in [6.07, 6.45) is 3.18. The molecule has 0 amide bonds. The lowest BCUT2D eigenvalue weighted by molar-refractivity contribution is -0.165. The monoisotopic (exact) mass is 447 g/mol. The summed E-state index contributed by atoms with van der Waals surface area (Å²) < 4.78 is 94.2. The number of rotatable bonds is 12. The van der Waals surface area contributed by atoms with E-state index in [4.69, 9.17) is 9.47 Å². The largest absolute Gasteiger partial charge is 0.743 e. The van der Waals surface area contributed by atoms with Crippen molar-refractivity contribution >= 4 is 16.1 Å². The van der Waals surface area contributed by atoms with Crippen molar-refractivity contribution in [3.63, 3.8) is 0 Å². The molecule has 0 heterocycles. The molecule has 1 fully saturated rings. The number of ether oxygens (including phenoxy) is 2. The number of carbonyl (C=O) groups is 1. The second kappa shape index (κ2) is 10.2. The van der Waals surface area contributed by atoms with Gasteiger partial charge in [-0.3, -0.25) is 0 Å². The molecule has 0 aliphatic heterocycles. The number of alkyl halides is 4. The third-order valence-electron chi connectivity index (χ3n) is 5.05. The third-order valence-corrected chi connectivity index (χ3v) is 5.98. The Balaban J connectivity index is 2.34.